The van der Waals surface area contributed by atoms with Crippen LogP contribution in [0.15, 0.2) is 22.7 Å². The molecule has 2 N–H and O–H groups in total. The lowest BCUT2D eigenvalue weighted by molar-refractivity contribution is -0.139. The van der Waals surface area contributed by atoms with Gasteiger partial charge in [0, 0.05) is 4.47 Å². The van der Waals surface area contributed by atoms with E-state index in [0.717, 1.165) is 10.0 Å². The van der Waals surface area contributed by atoms with Gasteiger partial charge in [-0.15, -0.1) is 0 Å². The van der Waals surface area contributed by atoms with Crippen LogP contribution in [0, 0.1) is 6.92 Å². The zero-order valence-corrected chi connectivity index (χ0v) is 9.28. The second kappa shape index (κ2) is 4.57. The molecular formula is C10H11BrO3. The van der Waals surface area contributed by atoms with E-state index >= 15 is 0 Å². The minimum atomic E-state index is -1.00. The van der Waals surface area contributed by atoms with Crippen LogP contribution in [-0.4, -0.2) is 16.2 Å². The van der Waals surface area contributed by atoms with E-state index < -0.39 is 12.1 Å². The molecule has 1 aromatic rings. The van der Waals surface area contributed by atoms with Gasteiger partial charge >= 0.3 is 5.97 Å². The highest BCUT2D eigenvalue weighted by Crippen LogP contribution is 2.22. The van der Waals surface area contributed by atoms with E-state index in [1.54, 1.807) is 18.2 Å². The van der Waals surface area contributed by atoms with Gasteiger partial charge in [-0.2, -0.15) is 0 Å². The van der Waals surface area contributed by atoms with Crippen LogP contribution < -0.4 is 0 Å². The number of halogens is 1. The highest BCUT2D eigenvalue weighted by molar-refractivity contribution is 9.10. The quantitative estimate of drug-likeness (QED) is 0.875. The van der Waals surface area contributed by atoms with E-state index in [2.05, 4.69) is 15.9 Å². The summed E-state index contributed by atoms with van der Waals surface area (Å²) in [5.41, 5.74) is 1.61. The second-order valence-electron chi connectivity index (χ2n) is 3.12. The molecule has 0 radical (unpaired) electrons. The topological polar surface area (TPSA) is 57.5 Å². The van der Waals surface area contributed by atoms with Crippen molar-refractivity contribution < 1.29 is 15.0 Å². The van der Waals surface area contributed by atoms with Crippen LogP contribution in [0.5, 0.6) is 0 Å². The van der Waals surface area contributed by atoms with Gasteiger partial charge in [-0.25, -0.2) is 0 Å². The Balaban J connectivity index is 2.85. The van der Waals surface area contributed by atoms with Crippen LogP contribution >= 0.6 is 15.9 Å². The van der Waals surface area contributed by atoms with E-state index in [1.165, 1.54) is 0 Å². The van der Waals surface area contributed by atoms with Gasteiger partial charge in [-0.05, 0) is 24.1 Å². The molecule has 4 heteroatoms. The molecule has 0 aliphatic rings. The summed E-state index contributed by atoms with van der Waals surface area (Å²) in [5, 5.41) is 18.0. The Bertz CT molecular complexity index is 349. The SMILES string of the molecule is Cc1cc(C(O)CC(=O)O)ccc1Br. The van der Waals surface area contributed by atoms with E-state index in [-0.39, 0.29) is 6.42 Å². The van der Waals surface area contributed by atoms with E-state index in [1.807, 2.05) is 6.92 Å². The third kappa shape index (κ3) is 2.82. The van der Waals surface area contributed by atoms with Crippen molar-refractivity contribution in [2.75, 3.05) is 0 Å². The first-order valence-electron chi connectivity index (χ1n) is 4.16. The van der Waals surface area contributed by atoms with Crippen molar-refractivity contribution in [2.24, 2.45) is 0 Å². The lowest BCUT2D eigenvalue weighted by Gasteiger charge is -2.09. The largest absolute Gasteiger partial charge is 0.481 e. The molecular weight excluding hydrogens is 248 g/mol. The zero-order chi connectivity index (χ0) is 10.7. The van der Waals surface area contributed by atoms with Gasteiger partial charge in [0.25, 0.3) is 0 Å². The number of aliphatic hydroxyl groups is 1. The van der Waals surface area contributed by atoms with Gasteiger partial charge in [-0.1, -0.05) is 28.1 Å². The van der Waals surface area contributed by atoms with Gasteiger partial charge in [0.05, 0.1) is 12.5 Å². The predicted octanol–water partition coefficient (Wildman–Crippen LogP) is 2.27. The maximum atomic E-state index is 10.4. The fourth-order valence-corrected chi connectivity index (χ4v) is 1.41. The molecule has 14 heavy (non-hydrogen) atoms. The molecule has 76 valence electrons. The number of carboxylic acids is 1. The molecule has 0 heterocycles. The molecule has 1 unspecified atom stereocenters. The molecule has 0 bridgehead atoms. The summed E-state index contributed by atoms with van der Waals surface area (Å²) in [6, 6.07) is 5.29. The maximum Gasteiger partial charge on any atom is 0.306 e. The summed E-state index contributed by atoms with van der Waals surface area (Å²) >= 11 is 3.33. The van der Waals surface area contributed by atoms with Crippen molar-refractivity contribution in [1.29, 1.82) is 0 Å². The summed E-state index contributed by atoms with van der Waals surface area (Å²) < 4.78 is 0.948. The third-order valence-corrected chi connectivity index (χ3v) is 2.82. The number of rotatable bonds is 3. The summed E-state index contributed by atoms with van der Waals surface area (Å²) in [4.78, 5) is 10.4. The molecule has 0 aliphatic carbocycles. The highest BCUT2D eigenvalue weighted by atomic mass is 79.9. The first kappa shape index (κ1) is 11.2. The zero-order valence-electron chi connectivity index (χ0n) is 7.70. The predicted molar refractivity (Wildman–Crippen MR) is 56.1 cm³/mol. The highest BCUT2D eigenvalue weighted by Gasteiger charge is 2.12. The molecule has 0 spiro atoms. The number of hydrogen-bond donors (Lipinski definition) is 2. The first-order chi connectivity index (χ1) is 6.50. The number of benzene rings is 1. The molecule has 0 saturated heterocycles. The molecule has 0 fully saturated rings. The van der Waals surface area contributed by atoms with Crippen LogP contribution in [0.4, 0.5) is 0 Å². The Morgan fingerprint density at radius 3 is 2.71 bits per heavy atom. The number of carboxylic acid groups (broad SMARTS) is 1. The molecule has 0 aromatic heterocycles. The van der Waals surface area contributed by atoms with Gasteiger partial charge in [-0.3, -0.25) is 4.79 Å². The number of aryl methyl sites for hydroxylation is 1. The average Bonchev–Trinajstić information content (AvgIpc) is 2.08. The van der Waals surface area contributed by atoms with Crippen LogP contribution in [0.25, 0.3) is 0 Å². The standard InChI is InChI=1S/C10H11BrO3/c1-6-4-7(2-3-8(6)11)9(12)5-10(13)14/h2-4,9,12H,5H2,1H3,(H,13,14). The monoisotopic (exact) mass is 258 g/mol. The fourth-order valence-electron chi connectivity index (χ4n) is 1.16. The van der Waals surface area contributed by atoms with Crippen molar-refractivity contribution in [3.63, 3.8) is 0 Å². The minimum absolute atomic E-state index is 0.263. The molecule has 1 rings (SSSR count). The van der Waals surface area contributed by atoms with Crippen LogP contribution in [0.3, 0.4) is 0 Å². The van der Waals surface area contributed by atoms with Gasteiger partial charge in [0.2, 0.25) is 0 Å². The molecule has 1 aromatic carbocycles. The number of aliphatic carboxylic acids is 1. The number of carbonyl (C=O) groups is 1. The van der Waals surface area contributed by atoms with Crippen molar-refractivity contribution in [3.8, 4) is 0 Å². The van der Waals surface area contributed by atoms with Crippen molar-refractivity contribution in [2.45, 2.75) is 19.4 Å². The Morgan fingerprint density at radius 2 is 2.21 bits per heavy atom. The molecule has 0 saturated carbocycles. The maximum absolute atomic E-state index is 10.4. The van der Waals surface area contributed by atoms with E-state index in [0.29, 0.717) is 5.56 Å². The second-order valence-corrected chi connectivity index (χ2v) is 3.98. The van der Waals surface area contributed by atoms with Crippen LogP contribution in [0.2, 0.25) is 0 Å². The summed E-state index contributed by atoms with van der Waals surface area (Å²) in [7, 11) is 0. The summed E-state index contributed by atoms with van der Waals surface area (Å²) in [5.74, 6) is -1.00. The average molecular weight is 259 g/mol. The minimum Gasteiger partial charge on any atom is -0.481 e. The lowest BCUT2D eigenvalue weighted by Crippen LogP contribution is -2.05. The van der Waals surface area contributed by atoms with Gasteiger partial charge in [0.1, 0.15) is 0 Å². The Kier molecular flexibility index (Phi) is 3.66. The normalized spacial score (nSPS) is 12.5. The molecule has 1 atom stereocenters. The van der Waals surface area contributed by atoms with E-state index in [4.69, 9.17) is 5.11 Å². The van der Waals surface area contributed by atoms with Crippen molar-refractivity contribution in [3.05, 3.63) is 33.8 Å². The van der Waals surface area contributed by atoms with Crippen LogP contribution in [0.1, 0.15) is 23.7 Å². The molecule has 0 amide bonds. The Morgan fingerprint density at radius 1 is 1.57 bits per heavy atom. The van der Waals surface area contributed by atoms with Crippen LogP contribution in [-0.2, 0) is 4.79 Å². The van der Waals surface area contributed by atoms with Gasteiger partial charge in [0.15, 0.2) is 0 Å². The van der Waals surface area contributed by atoms with Crippen molar-refractivity contribution in [1.82, 2.24) is 0 Å². The number of aliphatic hydroxyl groups excluding tert-OH is 1. The van der Waals surface area contributed by atoms with Crippen molar-refractivity contribution >= 4 is 21.9 Å². The third-order valence-electron chi connectivity index (χ3n) is 1.93. The molecule has 3 nitrogen and oxygen atoms in total. The lowest BCUT2D eigenvalue weighted by atomic mass is 10.0. The van der Waals surface area contributed by atoms with Gasteiger partial charge < -0.3 is 10.2 Å². The Hall–Kier alpha value is -0.870. The molecule has 0 aliphatic heterocycles. The number of hydrogen-bond acceptors (Lipinski definition) is 2. The summed E-state index contributed by atoms with van der Waals surface area (Å²) in [6.07, 6.45) is -1.19. The fraction of sp³-hybridized carbons (Fsp3) is 0.300. The Labute approximate surface area is 90.5 Å². The van der Waals surface area contributed by atoms with E-state index in [9.17, 15) is 9.90 Å². The first-order valence-corrected chi connectivity index (χ1v) is 4.96. The summed E-state index contributed by atoms with van der Waals surface area (Å²) in [6.45, 7) is 1.89. The smallest absolute Gasteiger partial charge is 0.306 e.